The molecule has 2 aromatic carbocycles. The second kappa shape index (κ2) is 7.45. The number of aromatic carboxylic acids is 1. The molecule has 0 amide bonds. The Morgan fingerprint density at radius 1 is 1.07 bits per heavy atom. The largest absolute Gasteiger partial charge is 0.478 e. The van der Waals surface area contributed by atoms with Gasteiger partial charge in [0.1, 0.15) is 10.6 Å². The number of hydrogen-bond acceptors (Lipinski definition) is 6. The second-order valence-electron chi connectivity index (χ2n) is 6.39. The predicted molar refractivity (Wildman–Crippen MR) is 102 cm³/mol. The first kappa shape index (κ1) is 19.0. The summed E-state index contributed by atoms with van der Waals surface area (Å²) >= 11 is 0. The number of carbonyl (C=O) groups is 1. The van der Waals surface area contributed by atoms with Crippen LogP contribution in [0, 0.1) is 0 Å². The average molecular weight is 391 g/mol. The van der Waals surface area contributed by atoms with Crippen LogP contribution in [0.4, 0.5) is 11.4 Å². The molecule has 0 aliphatic carbocycles. The fourth-order valence-corrected chi connectivity index (χ4v) is 3.74. The lowest BCUT2D eigenvalue weighted by Gasteiger charge is -2.31. The van der Waals surface area contributed by atoms with Gasteiger partial charge < -0.3 is 20.5 Å². The van der Waals surface area contributed by atoms with E-state index in [9.17, 15) is 18.3 Å². The molecule has 1 heterocycles. The molecule has 0 bridgehead atoms. The third-order valence-corrected chi connectivity index (χ3v) is 5.30. The summed E-state index contributed by atoms with van der Waals surface area (Å²) in [5, 5.41) is 14.8. The number of rotatable bonds is 5. The zero-order chi connectivity index (χ0) is 19.6. The Morgan fingerprint density at radius 3 is 2.26 bits per heavy atom. The van der Waals surface area contributed by atoms with Gasteiger partial charge in [-0.3, -0.25) is 0 Å². The van der Waals surface area contributed by atoms with Gasteiger partial charge >= 0.3 is 5.97 Å². The highest BCUT2D eigenvalue weighted by atomic mass is 32.2. The maximum atomic E-state index is 12.2. The van der Waals surface area contributed by atoms with Crippen LogP contribution in [0.15, 0.2) is 41.3 Å². The summed E-state index contributed by atoms with van der Waals surface area (Å²) in [5.41, 5.74) is 6.44. The number of sulfonamides is 1. The molecule has 1 aliphatic heterocycles. The van der Waals surface area contributed by atoms with Crippen LogP contribution >= 0.6 is 0 Å². The van der Waals surface area contributed by atoms with Crippen molar-refractivity contribution in [2.75, 3.05) is 23.7 Å². The van der Waals surface area contributed by atoms with Gasteiger partial charge in [0, 0.05) is 18.8 Å². The topological polar surface area (TPSA) is 136 Å². The first-order chi connectivity index (χ1) is 12.8. The molecule has 2 aromatic rings. The molecule has 8 nitrogen and oxygen atoms in total. The van der Waals surface area contributed by atoms with Crippen LogP contribution < -0.4 is 20.5 Å². The molecule has 0 saturated carbocycles. The van der Waals surface area contributed by atoms with Gasteiger partial charge in [-0.05, 0) is 55.7 Å². The molecule has 0 unspecified atom stereocenters. The third-order valence-electron chi connectivity index (χ3n) is 4.39. The highest BCUT2D eigenvalue weighted by Crippen LogP contribution is 2.40. The van der Waals surface area contributed by atoms with Gasteiger partial charge in [0.15, 0.2) is 5.75 Å². The number of carboxylic acids is 1. The number of nitrogens with zero attached hydrogens (tertiary/aromatic N) is 1. The van der Waals surface area contributed by atoms with E-state index in [2.05, 4.69) is 0 Å². The molecule has 144 valence electrons. The quantitative estimate of drug-likeness (QED) is 0.666. The zero-order valence-electron chi connectivity index (χ0n) is 14.6. The van der Waals surface area contributed by atoms with Crippen LogP contribution in [0.25, 0.3) is 0 Å². The third kappa shape index (κ3) is 4.32. The normalized spacial score (nSPS) is 14.8. The second-order valence-corrected chi connectivity index (χ2v) is 7.92. The van der Waals surface area contributed by atoms with E-state index >= 15 is 0 Å². The van der Waals surface area contributed by atoms with Crippen LogP contribution in [-0.4, -0.2) is 32.6 Å². The molecule has 1 fully saturated rings. The maximum Gasteiger partial charge on any atom is 0.335 e. The number of carboxylic acid groups (broad SMARTS) is 1. The number of ether oxygens (including phenoxy) is 1. The number of benzene rings is 2. The number of anilines is 2. The Bertz CT molecular complexity index is 952. The summed E-state index contributed by atoms with van der Waals surface area (Å²) in [6.07, 6.45) is 2.90. The first-order valence-corrected chi connectivity index (χ1v) is 10.0. The summed E-state index contributed by atoms with van der Waals surface area (Å²) in [7, 11) is -4.22. The van der Waals surface area contributed by atoms with Gasteiger partial charge in [0.05, 0.1) is 11.3 Å². The van der Waals surface area contributed by atoms with Crippen LogP contribution in [0.5, 0.6) is 11.5 Å². The minimum absolute atomic E-state index is 0.0224. The van der Waals surface area contributed by atoms with E-state index in [1.54, 1.807) is 24.3 Å². The van der Waals surface area contributed by atoms with Crippen molar-refractivity contribution in [3.05, 3.63) is 42.0 Å². The molecule has 1 saturated heterocycles. The smallest absolute Gasteiger partial charge is 0.335 e. The van der Waals surface area contributed by atoms with E-state index in [1.807, 2.05) is 4.90 Å². The van der Waals surface area contributed by atoms with E-state index in [1.165, 1.54) is 6.07 Å². The van der Waals surface area contributed by atoms with E-state index in [0.29, 0.717) is 30.2 Å². The van der Waals surface area contributed by atoms with Crippen molar-refractivity contribution in [2.45, 2.75) is 24.2 Å². The van der Waals surface area contributed by atoms with Crippen molar-refractivity contribution in [1.82, 2.24) is 0 Å². The molecule has 0 aromatic heterocycles. The van der Waals surface area contributed by atoms with Crippen LogP contribution in [0.1, 0.15) is 29.6 Å². The number of piperidine rings is 1. The number of primary sulfonamides is 1. The molecule has 5 N–H and O–H groups in total. The Labute approximate surface area is 157 Å². The van der Waals surface area contributed by atoms with Gasteiger partial charge in [0.2, 0.25) is 10.0 Å². The summed E-state index contributed by atoms with van der Waals surface area (Å²) in [4.78, 5) is 13.1. The van der Waals surface area contributed by atoms with E-state index in [0.717, 1.165) is 25.3 Å². The average Bonchev–Trinajstić information content (AvgIpc) is 2.63. The Hall–Kier alpha value is -2.78. The Morgan fingerprint density at radius 2 is 1.70 bits per heavy atom. The van der Waals surface area contributed by atoms with Gasteiger partial charge in [-0.2, -0.15) is 0 Å². The molecular formula is C18H21N3O5S. The molecule has 27 heavy (non-hydrogen) atoms. The lowest BCUT2D eigenvalue weighted by atomic mass is 10.1. The monoisotopic (exact) mass is 391 g/mol. The molecule has 0 spiro atoms. The van der Waals surface area contributed by atoms with E-state index in [-0.39, 0.29) is 16.2 Å². The van der Waals surface area contributed by atoms with E-state index in [4.69, 9.17) is 15.6 Å². The van der Waals surface area contributed by atoms with Crippen molar-refractivity contribution in [3.8, 4) is 11.5 Å². The zero-order valence-corrected chi connectivity index (χ0v) is 15.4. The highest BCUT2D eigenvalue weighted by Gasteiger charge is 2.26. The van der Waals surface area contributed by atoms with Crippen LogP contribution in [0.2, 0.25) is 0 Å². The van der Waals surface area contributed by atoms with Crippen molar-refractivity contribution in [3.63, 3.8) is 0 Å². The van der Waals surface area contributed by atoms with Gasteiger partial charge in [0.25, 0.3) is 0 Å². The number of nitrogens with two attached hydrogens (primary N) is 2. The van der Waals surface area contributed by atoms with Gasteiger partial charge in [-0.15, -0.1) is 0 Å². The summed E-state index contributed by atoms with van der Waals surface area (Å²) < 4.78 is 30.2. The SMILES string of the molecule is Nc1ccc(Oc2c(N3CCCCC3)cc(C(=O)O)cc2S(N)(=O)=O)cc1. The van der Waals surface area contributed by atoms with Crippen molar-refractivity contribution < 1.29 is 23.1 Å². The van der Waals surface area contributed by atoms with Crippen molar-refractivity contribution in [1.29, 1.82) is 0 Å². The summed E-state index contributed by atoms with van der Waals surface area (Å²) in [6, 6.07) is 8.91. The van der Waals surface area contributed by atoms with Gasteiger partial charge in [-0.25, -0.2) is 18.4 Å². The highest BCUT2D eigenvalue weighted by molar-refractivity contribution is 7.89. The summed E-state index contributed by atoms with van der Waals surface area (Å²) in [6.45, 7) is 1.34. The fourth-order valence-electron chi connectivity index (χ4n) is 3.05. The lowest BCUT2D eigenvalue weighted by molar-refractivity contribution is 0.0696. The molecule has 3 rings (SSSR count). The minimum Gasteiger partial charge on any atom is -0.478 e. The predicted octanol–water partition coefficient (Wildman–Crippen LogP) is 2.40. The van der Waals surface area contributed by atoms with Crippen molar-refractivity contribution >= 4 is 27.4 Å². The Kier molecular flexibility index (Phi) is 5.24. The molecular weight excluding hydrogens is 370 g/mol. The molecule has 1 aliphatic rings. The Balaban J connectivity index is 2.19. The summed E-state index contributed by atoms with van der Waals surface area (Å²) in [5.74, 6) is -0.846. The van der Waals surface area contributed by atoms with E-state index < -0.39 is 16.0 Å². The van der Waals surface area contributed by atoms with Crippen LogP contribution in [0.3, 0.4) is 0 Å². The standard InChI is InChI=1S/C18H21N3O5S/c19-13-4-6-14(7-5-13)26-17-15(21-8-2-1-3-9-21)10-12(18(22)23)11-16(17)27(20,24)25/h4-7,10-11H,1-3,8-9,19H2,(H,22,23)(H2,20,24,25). The maximum absolute atomic E-state index is 12.2. The first-order valence-electron chi connectivity index (χ1n) is 8.48. The van der Waals surface area contributed by atoms with Crippen LogP contribution in [-0.2, 0) is 10.0 Å². The molecule has 9 heteroatoms. The fraction of sp³-hybridized carbons (Fsp3) is 0.278. The number of nitrogen functional groups attached to an aromatic ring is 1. The van der Waals surface area contributed by atoms with Gasteiger partial charge in [-0.1, -0.05) is 0 Å². The number of hydrogen-bond donors (Lipinski definition) is 3. The molecule has 0 radical (unpaired) electrons. The minimum atomic E-state index is -4.22. The lowest BCUT2D eigenvalue weighted by Crippen LogP contribution is -2.30. The van der Waals surface area contributed by atoms with Crippen molar-refractivity contribution in [2.24, 2.45) is 5.14 Å². The molecule has 0 atom stereocenters.